The van der Waals surface area contributed by atoms with E-state index in [1.807, 2.05) is 0 Å². The van der Waals surface area contributed by atoms with E-state index in [2.05, 4.69) is 16.1 Å². The molecule has 92 valence electrons. The van der Waals surface area contributed by atoms with Crippen molar-refractivity contribution in [3.05, 3.63) is 29.8 Å². The van der Waals surface area contributed by atoms with Crippen LogP contribution in [0, 0.1) is 12.3 Å². The highest BCUT2D eigenvalue weighted by molar-refractivity contribution is 5.36. The van der Waals surface area contributed by atoms with E-state index in [1.54, 1.807) is 18.2 Å². The van der Waals surface area contributed by atoms with Crippen LogP contribution >= 0.6 is 0 Å². The molecule has 0 aliphatic heterocycles. The number of halogens is 2. The van der Waals surface area contributed by atoms with Crippen molar-refractivity contribution < 1.29 is 13.5 Å². The summed E-state index contributed by atoms with van der Waals surface area (Å²) in [5.74, 6) is 7.97. The molecule has 1 aromatic carbocycles. The highest BCUT2D eigenvalue weighted by Crippen LogP contribution is 2.28. The van der Waals surface area contributed by atoms with Gasteiger partial charge >= 0.3 is 6.61 Å². The average Bonchev–Trinajstić information content (AvgIpc) is 2.31. The van der Waals surface area contributed by atoms with E-state index < -0.39 is 6.61 Å². The Kier molecular flexibility index (Phi) is 5.40. The fraction of sp³-hybridized carbons (Fsp3) is 0.333. The Hall–Kier alpha value is -1.64. The molecule has 0 heterocycles. The number of nitrogens with two attached hydrogens (primary N) is 1. The van der Waals surface area contributed by atoms with Gasteiger partial charge in [0.2, 0.25) is 0 Å². The van der Waals surface area contributed by atoms with Gasteiger partial charge in [-0.25, -0.2) is 0 Å². The van der Waals surface area contributed by atoms with Gasteiger partial charge in [0.1, 0.15) is 5.75 Å². The van der Waals surface area contributed by atoms with Gasteiger partial charge in [-0.2, -0.15) is 8.78 Å². The topological polar surface area (TPSA) is 47.3 Å². The molecule has 5 heteroatoms. The van der Waals surface area contributed by atoms with E-state index in [9.17, 15) is 8.78 Å². The number of ether oxygens (including phenoxy) is 1. The predicted octanol–water partition coefficient (Wildman–Crippen LogP) is 2.21. The van der Waals surface area contributed by atoms with E-state index in [0.717, 1.165) is 0 Å². The van der Waals surface area contributed by atoms with Gasteiger partial charge in [-0.3, -0.25) is 11.3 Å². The van der Waals surface area contributed by atoms with Crippen LogP contribution in [0.3, 0.4) is 0 Å². The van der Waals surface area contributed by atoms with Crippen molar-refractivity contribution in [2.75, 3.05) is 0 Å². The Morgan fingerprint density at radius 3 is 2.71 bits per heavy atom. The first-order chi connectivity index (χ1) is 8.19. The second-order valence-corrected chi connectivity index (χ2v) is 3.38. The lowest BCUT2D eigenvalue weighted by molar-refractivity contribution is -0.0507. The van der Waals surface area contributed by atoms with Gasteiger partial charge in [-0.05, 0) is 12.5 Å². The minimum Gasteiger partial charge on any atom is -0.434 e. The molecule has 0 aliphatic rings. The average molecular weight is 240 g/mol. The van der Waals surface area contributed by atoms with Gasteiger partial charge in [-0.15, -0.1) is 12.3 Å². The van der Waals surface area contributed by atoms with Crippen LogP contribution in [0.5, 0.6) is 5.75 Å². The third-order valence-electron chi connectivity index (χ3n) is 2.29. The molecule has 1 atom stereocenters. The number of hydrazine groups is 1. The maximum Gasteiger partial charge on any atom is 0.387 e. The Balaban J connectivity index is 2.89. The highest BCUT2D eigenvalue weighted by Gasteiger charge is 2.16. The van der Waals surface area contributed by atoms with Crippen LogP contribution in [0.15, 0.2) is 24.3 Å². The summed E-state index contributed by atoms with van der Waals surface area (Å²) < 4.78 is 28.9. The van der Waals surface area contributed by atoms with E-state index in [1.165, 1.54) is 6.07 Å². The molecule has 3 nitrogen and oxygen atoms in total. The summed E-state index contributed by atoms with van der Waals surface area (Å²) in [4.78, 5) is 0. The summed E-state index contributed by atoms with van der Waals surface area (Å²) in [6.45, 7) is -2.86. The quantitative estimate of drug-likeness (QED) is 0.455. The Morgan fingerprint density at radius 1 is 1.41 bits per heavy atom. The minimum absolute atomic E-state index is 0.113. The molecule has 0 saturated carbocycles. The molecule has 0 saturated heterocycles. The normalized spacial score (nSPS) is 12.2. The lowest BCUT2D eigenvalue weighted by atomic mass is 10.0. The van der Waals surface area contributed by atoms with Gasteiger partial charge in [-0.1, -0.05) is 18.2 Å². The molecule has 3 N–H and O–H groups in total. The van der Waals surface area contributed by atoms with Crippen LogP contribution in [0.25, 0.3) is 0 Å². The molecule has 0 aromatic heterocycles. The molecule has 0 bridgehead atoms. The largest absolute Gasteiger partial charge is 0.434 e. The van der Waals surface area contributed by atoms with Crippen molar-refractivity contribution in [2.24, 2.45) is 5.84 Å². The fourth-order valence-corrected chi connectivity index (χ4v) is 1.53. The number of hydrogen-bond donors (Lipinski definition) is 2. The first-order valence-electron chi connectivity index (χ1n) is 5.12. The van der Waals surface area contributed by atoms with Crippen molar-refractivity contribution in [1.82, 2.24) is 5.43 Å². The first kappa shape index (κ1) is 13.4. The number of nitrogens with one attached hydrogen (secondary N) is 1. The molecule has 0 aliphatic carbocycles. The van der Waals surface area contributed by atoms with E-state index >= 15 is 0 Å². The van der Waals surface area contributed by atoms with Crippen LogP contribution < -0.4 is 16.0 Å². The molecule has 0 amide bonds. The monoisotopic (exact) mass is 240 g/mol. The maximum absolute atomic E-state index is 12.2. The van der Waals surface area contributed by atoms with Crippen LogP contribution in [0.1, 0.15) is 24.4 Å². The zero-order valence-corrected chi connectivity index (χ0v) is 9.20. The van der Waals surface area contributed by atoms with Crippen LogP contribution in [0.2, 0.25) is 0 Å². The van der Waals surface area contributed by atoms with Crippen molar-refractivity contribution >= 4 is 0 Å². The van der Waals surface area contributed by atoms with Crippen molar-refractivity contribution in [3.8, 4) is 18.1 Å². The van der Waals surface area contributed by atoms with Crippen LogP contribution in [0.4, 0.5) is 8.78 Å². The zero-order chi connectivity index (χ0) is 12.7. The minimum atomic E-state index is -2.86. The summed E-state index contributed by atoms with van der Waals surface area (Å²) in [7, 11) is 0. The Bertz CT molecular complexity index is 390. The van der Waals surface area contributed by atoms with Crippen LogP contribution in [-0.2, 0) is 0 Å². The van der Waals surface area contributed by atoms with Gasteiger partial charge < -0.3 is 4.74 Å². The number of rotatable bonds is 6. The maximum atomic E-state index is 12.2. The Morgan fingerprint density at radius 2 is 2.12 bits per heavy atom. The van der Waals surface area contributed by atoms with E-state index in [0.29, 0.717) is 18.4 Å². The standard InChI is InChI=1S/C12H14F2N2O/c1-2-3-7-10(16-15)9-6-4-5-8-11(9)17-12(13)14/h1,4-6,8,10,12,16H,3,7,15H2. The molecular formula is C12H14F2N2O. The molecule has 1 rings (SSSR count). The molecule has 0 fully saturated rings. The van der Waals surface area contributed by atoms with E-state index in [-0.39, 0.29) is 11.8 Å². The second-order valence-electron chi connectivity index (χ2n) is 3.38. The van der Waals surface area contributed by atoms with Gasteiger partial charge in [0.15, 0.2) is 0 Å². The predicted molar refractivity (Wildman–Crippen MR) is 61.2 cm³/mol. The lowest BCUT2D eigenvalue weighted by Crippen LogP contribution is -2.28. The molecule has 0 spiro atoms. The summed E-state index contributed by atoms with van der Waals surface area (Å²) in [5.41, 5.74) is 3.12. The third-order valence-corrected chi connectivity index (χ3v) is 2.29. The van der Waals surface area contributed by atoms with Crippen molar-refractivity contribution in [2.45, 2.75) is 25.5 Å². The highest BCUT2D eigenvalue weighted by atomic mass is 19.3. The smallest absolute Gasteiger partial charge is 0.387 e. The van der Waals surface area contributed by atoms with Gasteiger partial charge in [0, 0.05) is 12.0 Å². The number of terminal acetylenes is 1. The van der Waals surface area contributed by atoms with E-state index in [4.69, 9.17) is 12.3 Å². The molecule has 1 unspecified atom stereocenters. The fourth-order valence-electron chi connectivity index (χ4n) is 1.53. The molecular weight excluding hydrogens is 226 g/mol. The van der Waals surface area contributed by atoms with Gasteiger partial charge in [0.05, 0.1) is 6.04 Å². The summed E-state index contributed by atoms with van der Waals surface area (Å²) in [5, 5.41) is 0. The third kappa shape index (κ3) is 4.02. The summed E-state index contributed by atoms with van der Waals surface area (Å²) in [6, 6.07) is 6.20. The SMILES string of the molecule is C#CCCC(NN)c1ccccc1OC(F)F. The van der Waals surface area contributed by atoms with Crippen molar-refractivity contribution in [1.29, 1.82) is 0 Å². The number of benzene rings is 1. The first-order valence-corrected chi connectivity index (χ1v) is 5.12. The molecule has 1 aromatic rings. The number of alkyl halides is 2. The zero-order valence-electron chi connectivity index (χ0n) is 9.20. The van der Waals surface area contributed by atoms with Crippen LogP contribution in [-0.4, -0.2) is 6.61 Å². The number of para-hydroxylation sites is 1. The molecule has 0 radical (unpaired) electrons. The number of hydrogen-bond acceptors (Lipinski definition) is 3. The molecule has 17 heavy (non-hydrogen) atoms. The lowest BCUT2D eigenvalue weighted by Gasteiger charge is -2.18. The summed E-state index contributed by atoms with van der Waals surface area (Å²) in [6.07, 6.45) is 6.21. The summed E-state index contributed by atoms with van der Waals surface area (Å²) >= 11 is 0. The second kappa shape index (κ2) is 6.84. The Labute approximate surface area is 98.9 Å². The van der Waals surface area contributed by atoms with Crippen molar-refractivity contribution in [3.63, 3.8) is 0 Å². The van der Waals surface area contributed by atoms with Gasteiger partial charge in [0.25, 0.3) is 0 Å².